The van der Waals surface area contributed by atoms with Crippen molar-refractivity contribution in [2.45, 2.75) is 31.5 Å². The van der Waals surface area contributed by atoms with E-state index in [9.17, 15) is 27.6 Å². The highest BCUT2D eigenvalue weighted by molar-refractivity contribution is 6.08. The number of amides is 3. The molecule has 3 amide bonds. The second-order valence-corrected chi connectivity index (χ2v) is 10.9. The van der Waals surface area contributed by atoms with Crippen LogP contribution in [0.3, 0.4) is 0 Å². The first kappa shape index (κ1) is 33.7. The third-order valence-electron chi connectivity index (χ3n) is 7.54. The van der Waals surface area contributed by atoms with Gasteiger partial charge in [-0.2, -0.15) is 13.2 Å². The Morgan fingerprint density at radius 1 is 0.812 bits per heavy atom. The lowest BCUT2D eigenvalue weighted by Gasteiger charge is -2.19. The van der Waals surface area contributed by atoms with Crippen LogP contribution in [0.5, 0.6) is 0 Å². The maximum Gasteiger partial charge on any atom is 0.416 e. The van der Waals surface area contributed by atoms with Crippen LogP contribution in [0.2, 0.25) is 0 Å². The molecule has 3 aromatic carbocycles. The summed E-state index contributed by atoms with van der Waals surface area (Å²) in [6.45, 7) is 0.504. The second-order valence-electron chi connectivity index (χ2n) is 10.9. The van der Waals surface area contributed by atoms with Crippen LogP contribution in [0.1, 0.15) is 57.1 Å². The van der Waals surface area contributed by atoms with Gasteiger partial charge in [-0.15, -0.1) is 0 Å². The van der Waals surface area contributed by atoms with Crippen molar-refractivity contribution in [1.82, 2.24) is 20.6 Å². The quantitative estimate of drug-likeness (QED) is 0.116. The lowest BCUT2D eigenvalue weighted by atomic mass is 10.0. The van der Waals surface area contributed by atoms with E-state index < -0.39 is 29.6 Å². The molecule has 48 heavy (non-hydrogen) atoms. The van der Waals surface area contributed by atoms with Gasteiger partial charge in [0.1, 0.15) is 11.9 Å². The Bertz CT molecular complexity index is 1900. The number of anilines is 1. The number of carbonyl (C=O) groups excluding carboxylic acids is 3. The average molecular weight is 656 g/mol. The number of hydrogen-bond donors (Lipinski definition) is 4. The molecule has 0 aliphatic heterocycles. The van der Waals surface area contributed by atoms with Crippen molar-refractivity contribution in [2.24, 2.45) is 0 Å². The van der Waals surface area contributed by atoms with Crippen LogP contribution in [0, 0.1) is 0 Å². The van der Waals surface area contributed by atoms with Crippen molar-refractivity contribution in [3.63, 3.8) is 0 Å². The fraction of sp³-hybridized carbons (Fsp3) is 0.194. The van der Waals surface area contributed by atoms with E-state index in [1.165, 1.54) is 24.4 Å². The molecule has 5 aromatic rings. The van der Waals surface area contributed by atoms with Gasteiger partial charge in [-0.1, -0.05) is 42.5 Å². The number of aliphatic hydroxyl groups excluding tert-OH is 1. The number of unbranched alkanes of at least 4 members (excludes halogenated alkanes) is 2. The Labute approximate surface area is 274 Å². The van der Waals surface area contributed by atoms with Gasteiger partial charge < -0.3 is 21.1 Å². The van der Waals surface area contributed by atoms with E-state index in [4.69, 9.17) is 5.11 Å². The molecule has 0 unspecified atom stereocenters. The Kier molecular flexibility index (Phi) is 10.8. The van der Waals surface area contributed by atoms with E-state index in [-0.39, 0.29) is 29.6 Å². The number of nitrogens with zero attached hydrogens (tertiary/aromatic N) is 2. The summed E-state index contributed by atoms with van der Waals surface area (Å²) in [5, 5.41) is 18.0. The molecule has 1 atom stereocenters. The van der Waals surface area contributed by atoms with E-state index in [2.05, 4.69) is 25.9 Å². The minimum atomic E-state index is -4.49. The number of carbonyl (C=O) groups is 3. The first-order valence-corrected chi connectivity index (χ1v) is 15.2. The number of aromatic nitrogens is 2. The van der Waals surface area contributed by atoms with Gasteiger partial charge in [0, 0.05) is 35.9 Å². The van der Waals surface area contributed by atoms with Crippen LogP contribution in [0.4, 0.5) is 19.0 Å². The topological polar surface area (TPSA) is 133 Å². The summed E-state index contributed by atoms with van der Waals surface area (Å²) in [4.78, 5) is 48.3. The molecule has 2 heterocycles. The molecule has 9 nitrogen and oxygen atoms in total. The summed E-state index contributed by atoms with van der Waals surface area (Å²) in [5.74, 6) is -1.16. The smallest absolute Gasteiger partial charge is 0.396 e. The van der Waals surface area contributed by atoms with E-state index in [1.807, 2.05) is 6.07 Å². The number of hydrogen-bond acceptors (Lipinski definition) is 6. The van der Waals surface area contributed by atoms with Crippen LogP contribution >= 0.6 is 0 Å². The Hall–Kier alpha value is -5.62. The van der Waals surface area contributed by atoms with E-state index in [1.54, 1.807) is 60.7 Å². The highest BCUT2D eigenvalue weighted by atomic mass is 19.4. The lowest BCUT2D eigenvalue weighted by Crippen LogP contribution is -2.40. The molecule has 0 aliphatic rings. The number of rotatable bonds is 12. The summed E-state index contributed by atoms with van der Waals surface area (Å²) in [6.07, 6.45) is -0.928. The summed E-state index contributed by atoms with van der Waals surface area (Å²) in [7, 11) is 0. The molecule has 0 fully saturated rings. The first-order chi connectivity index (χ1) is 23.1. The van der Waals surface area contributed by atoms with Gasteiger partial charge in [-0.3, -0.25) is 19.4 Å². The molecule has 2 aromatic heterocycles. The molecule has 0 spiro atoms. The summed E-state index contributed by atoms with van der Waals surface area (Å²) >= 11 is 0. The normalized spacial score (nSPS) is 11.9. The van der Waals surface area contributed by atoms with Gasteiger partial charge in [0.2, 0.25) is 5.91 Å². The Morgan fingerprint density at radius 2 is 1.58 bits per heavy atom. The zero-order valence-corrected chi connectivity index (χ0v) is 25.6. The maximum absolute atomic E-state index is 13.3. The van der Waals surface area contributed by atoms with Crippen molar-refractivity contribution < 1.29 is 32.7 Å². The van der Waals surface area contributed by atoms with Gasteiger partial charge in [-0.25, -0.2) is 4.98 Å². The van der Waals surface area contributed by atoms with E-state index >= 15 is 0 Å². The van der Waals surface area contributed by atoms with Crippen LogP contribution in [0.25, 0.3) is 22.2 Å². The minimum Gasteiger partial charge on any atom is -0.396 e. The molecule has 0 radical (unpaired) electrons. The van der Waals surface area contributed by atoms with Gasteiger partial charge in [0.15, 0.2) is 0 Å². The molecule has 0 saturated carbocycles. The van der Waals surface area contributed by atoms with Crippen molar-refractivity contribution in [1.29, 1.82) is 0 Å². The number of pyridine rings is 2. The average Bonchev–Trinajstić information content (AvgIpc) is 3.10. The van der Waals surface area contributed by atoms with Crippen molar-refractivity contribution >= 4 is 34.4 Å². The van der Waals surface area contributed by atoms with E-state index in [0.717, 1.165) is 18.6 Å². The summed E-state index contributed by atoms with van der Waals surface area (Å²) < 4.78 is 39.1. The zero-order valence-electron chi connectivity index (χ0n) is 25.6. The minimum absolute atomic E-state index is 0.0920. The predicted octanol–water partition coefficient (Wildman–Crippen LogP) is 6.32. The summed E-state index contributed by atoms with van der Waals surface area (Å²) in [6, 6.07) is 23.5. The highest BCUT2D eigenvalue weighted by Crippen LogP contribution is 2.31. The third-order valence-corrected chi connectivity index (χ3v) is 7.54. The number of halogens is 3. The zero-order chi connectivity index (χ0) is 34.1. The number of nitrogens with one attached hydrogen (secondary N) is 3. The SMILES string of the molecule is O=C(N[C@H](C(=O)NCCCCCO)c1ccccc1)c1ccc2nc(NC(=O)c3cccnc3-c3ccc(C(F)(F)F)cc3)ccc2c1. The highest BCUT2D eigenvalue weighted by Gasteiger charge is 2.30. The standard InChI is InChI=1S/C36H32F3N5O4/c37-36(38,39)27-15-11-24(12-16-27)31-28(10-7-20-40-31)34(47)43-30-18-14-25-22-26(13-17-29(25)42-30)33(46)44-32(23-8-3-1-4-9-23)35(48)41-19-5-2-6-21-45/h1,3-4,7-18,20,22,32,45H,2,5-6,19,21H2,(H,41,48)(H,44,46)(H,42,43,47)/t32-/m0/s1. The lowest BCUT2D eigenvalue weighted by molar-refractivity contribution is -0.137. The number of fused-ring (bicyclic) bond motifs is 1. The molecular formula is C36H32F3N5O4. The molecule has 0 aliphatic carbocycles. The molecule has 5 rings (SSSR count). The van der Waals surface area contributed by atoms with Crippen molar-refractivity contribution in [3.8, 4) is 11.3 Å². The van der Waals surface area contributed by atoms with Crippen LogP contribution in [-0.4, -0.2) is 45.9 Å². The van der Waals surface area contributed by atoms with Gasteiger partial charge in [0.25, 0.3) is 11.8 Å². The van der Waals surface area contributed by atoms with E-state index in [0.29, 0.717) is 47.0 Å². The van der Waals surface area contributed by atoms with Crippen LogP contribution in [-0.2, 0) is 11.0 Å². The van der Waals surface area contributed by atoms with Crippen LogP contribution < -0.4 is 16.0 Å². The Morgan fingerprint density at radius 3 is 2.31 bits per heavy atom. The number of alkyl halides is 3. The molecule has 4 N–H and O–H groups in total. The molecule has 0 saturated heterocycles. The monoisotopic (exact) mass is 655 g/mol. The third kappa shape index (κ3) is 8.39. The molecule has 12 heteroatoms. The fourth-order valence-electron chi connectivity index (χ4n) is 5.04. The number of benzene rings is 3. The van der Waals surface area contributed by atoms with Crippen LogP contribution in [0.15, 0.2) is 103 Å². The first-order valence-electron chi connectivity index (χ1n) is 15.2. The second kappa shape index (κ2) is 15.3. The molecule has 246 valence electrons. The van der Waals surface area contributed by atoms with Crippen molar-refractivity contribution in [3.05, 3.63) is 126 Å². The summed E-state index contributed by atoms with van der Waals surface area (Å²) in [5.41, 5.74) is 1.30. The maximum atomic E-state index is 13.3. The number of aliphatic hydroxyl groups is 1. The Balaban J connectivity index is 1.29. The van der Waals surface area contributed by atoms with Gasteiger partial charge in [0.05, 0.1) is 22.3 Å². The largest absolute Gasteiger partial charge is 0.416 e. The van der Waals surface area contributed by atoms with Gasteiger partial charge >= 0.3 is 6.18 Å². The molecular weight excluding hydrogens is 623 g/mol. The molecule has 0 bridgehead atoms. The van der Waals surface area contributed by atoms with Gasteiger partial charge in [-0.05, 0) is 79.4 Å². The van der Waals surface area contributed by atoms with Crippen molar-refractivity contribution in [2.75, 3.05) is 18.5 Å². The predicted molar refractivity (Wildman–Crippen MR) is 175 cm³/mol. The fourth-order valence-corrected chi connectivity index (χ4v) is 5.04.